The third kappa shape index (κ3) is 3.34. The van der Waals surface area contributed by atoms with Gasteiger partial charge in [0, 0.05) is 10.9 Å². The second kappa shape index (κ2) is 5.71. The van der Waals surface area contributed by atoms with E-state index in [-0.39, 0.29) is 0 Å². The number of aryl methyl sites for hydroxylation is 1. The van der Waals surface area contributed by atoms with E-state index in [9.17, 15) is 0 Å². The third-order valence-corrected chi connectivity index (χ3v) is 4.02. The van der Waals surface area contributed by atoms with Gasteiger partial charge in [-0.3, -0.25) is 0 Å². The van der Waals surface area contributed by atoms with Crippen molar-refractivity contribution in [1.82, 2.24) is 9.97 Å². The van der Waals surface area contributed by atoms with Crippen LogP contribution < -0.4 is 5.32 Å². The second-order valence-corrected chi connectivity index (χ2v) is 5.60. The van der Waals surface area contributed by atoms with E-state index in [0.29, 0.717) is 10.3 Å². The normalized spacial score (nSPS) is 10.5. The van der Waals surface area contributed by atoms with Crippen molar-refractivity contribution in [1.29, 1.82) is 0 Å². The topological polar surface area (TPSA) is 37.8 Å². The van der Waals surface area contributed by atoms with Crippen molar-refractivity contribution in [2.24, 2.45) is 0 Å². The molecule has 0 aliphatic heterocycles. The van der Waals surface area contributed by atoms with Crippen LogP contribution in [-0.2, 0) is 6.54 Å². The number of halogens is 1. The lowest BCUT2D eigenvalue weighted by molar-refractivity contribution is 0.958. The monoisotopic (exact) mass is 285 g/mol. The Bertz CT molecular complexity index is 513. The number of nitrogens with zero attached hydrogens (tertiary/aromatic N) is 2. The Kier molecular flexibility index (Phi) is 4.25. The van der Waals surface area contributed by atoms with Gasteiger partial charge < -0.3 is 5.32 Å². The molecule has 0 aliphatic carbocycles. The van der Waals surface area contributed by atoms with Crippen molar-refractivity contribution in [2.75, 3.05) is 11.6 Å². The van der Waals surface area contributed by atoms with Gasteiger partial charge in [0.1, 0.15) is 11.0 Å². The van der Waals surface area contributed by atoms with Gasteiger partial charge in [-0.25, -0.2) is 9.97 Å². The molecule has 3 nitrogen and oxygen atoms in total. The van der Waals surface area contributed by atoms with Crippen LogP contribution in [0.2, 0.25) is 5.15 Å². The number of hydrogen-bond acceptors (Lipinski definition) is 5. The van der Waals surface area contributed by atoms with Crippen molar-refractivity contribution in [3.8, 4) is 0 Å². The predicted molar refractivity (Wildman–Crippen MR) is 75.2 cm³/mol. The third-order valence-electron chi connectivity index (χ3n) is 2.26. The molecule has 0 aromatic carbocycles. The number of anilines is 1. The van der Waals surface area contributed by atoms with Crippen molar-refractivity contribution < 1.29 is 0 Å². The summed E-state index contributed by atoms with van der Waals surface area (Å²) in [6, 6.07) is 3.85. The minimum atomic E-state index is 0.467. The lowest BCUT2D eigenvalue weighted by Crippen LogP contribution is -2.02. The van der Waals surface area contributed by atoms with Crippen LogP contribution in [0.3, 0.4) is 0 Å². The van der Waals surface area contributed by atoms with Crippen LogP contribution in [0.4, 0.5) is 5.82 Å². The fraction of sp³-hybridized carbons (Fsp3) is 0.273. The van der Waals surface area contributed by atoms with Crippen LogP contribution in [-0.4, -0.2) is 16.2 Å². The van der Waals surface area contributed by atoms with Gasteiger partial charge in [0.05, 0.1) is 6.54 Å². The molecule has 2 rings (SSSR count). The van der Waals surface area contributed by atoms with Gasteiger partial charge in [-0.05, 0) is 30.2 Å². The highest BCUT2D eigenvalue weighted by molar-refractivity contribution is 7.98. The fourth-order valence-electron chi connectivity index (χ4n) is 1.33. The minimum Gasteiger partial charge on any atom is -0.365 e. The highest BCUT2D eigenvalue weighted by Crippen LogP contribution is 2.20. The average molecular weight is 286 g/mol. The van der Waals surface area contributed by atoms with Gasteiger partial charge in [0.15, 0.2) is 5.16 Å². The van der Waals surface area contributed by atoms with Crippen LogP contribution >= 0.6 is 34.7 Å². The van der Waals surface area contributed by atoms with Gasteiger partial charge >= 0.3 is 0 Å². The molecule has 0 aliphatic rings. The van der Waals surface area contributed by atoms with Crippen LogP contribution in [0.15, 0.2) is 22.7 Å². The van der Waals surface area contributed by atoms with E-state index in [1.807, 2.05) is 6.26 Å². The highest BCUT2D eigenvalue weighted by atomic mass is 35.5. The number of hydrogen-bond donors (Lipinski definition) is 1. The lowest BCUT2D eigenvalue weighted by atomic mass is 10.3. The summed E-state index contributed by atoms with van der Waals surface area (Å²) in [6.45, 7) is 2.87. The van der Waals surface area contributed by atoms with Gasteiger partial charge in [-0.15, -0.1) is 11.3 Å². The summed E-state index contributed by atoms with van der Waals surface area (Å²) in [5.41, 5.74) is 1.30. The number of aromatic nitrogens is 2. The Morgan fingerprint density at radius 3 is 2.94 bits per heavy atom. The van der Waals surface area contributed by atoms with E-state index in [4.69, 9.17) is 11.6 Å². The first kappa shape index (κ1) is 12.7. The SMILES string of the molecule is CSc1nc(Cl)cc(NCc2sccc2C)n1. The maximum absolute atomic E-state index is 5.92. The number of thiophene rings is 1. The summed E-state index contributed by atoms with van der Waals surface area (Å²) in [5, 5.41) is 6.51. The molecule has 2 aromatic heterocycles. The molecule has 0 spiro atoms. The van der Waals surface area contributed by atoms with E-state index in [2.05, 4.69) is 33.7 Å². The quantitative estimate of drug-likeness (QED) is 0.526. The molecular formula is C11H12ClN3S2. The van der Waals surface area contributed by atoms with Crippen LogP contribution in [0.1, 0.15) is 10.4 Å². The van der Waals surface area contributed by atoms with Crippen molar-refractivity contribution in [3.05, 3.63) is 33.1 Å². The summed E-state index contributed by atoms with van der Waals surface area (Å²) < 4.78 is 0. The summed E-state index contributed by atoms with van der Waals surface area (Å²) in [6.07, 6.45) is 1.93. The van der Waals surface area contributed by atoms with Gasteiger partial charge in [0.2, 0.25) is 0 Å². The molecule has 0 fully saturated rings. The van der Waals surface area contributed by atoms with E-state index >= 15 is 0 Å². The average Bonchev–Trinajstić information content (AvgIpc) is 2.71. The summed E-state index contributed by atoms with van der Waals surface area (Å²) in [4.78, 5) is 9.75. The van der Waals surface area contributed by atoms with E-state index in [1.165, 1.54) is 22.2 Å². The first-order valence-electron chi connectivity index (χ1n) is 5.04. The Hall–Kier alpha value is -0.780. The van der Waals surface area contributed by atoms with Crippen molar-refractivity contribution in [2.45, 2.75) is 18.6 Å². The van der Waals surface area contributed by atoms with E-state index in [1.54, 1.807) is 17.4 Å². The first-order chi connectivity index (χ1) is 8.19. The Balaban J connectivity index is 2.09. The largest absolute Gasteiger partial charge is 0.365 e. The molecule has 0 saturated carbocycles. The van der Waals surface area contributed by atoms with Crippen molar-refractivity contribution >= 4 is 40.5 Å². The first-order valence-corrected chi connectivity index (χ1v) is 7.52. The predicted octanol–water partition coefficient (Wildman–Crippen LogP) is 3.83. The molecule has 2 heterocycles. The molecule has 0 unspecified atom stereocenters. The minimum absolute atomic E-state index is 0.467. The lowest BCUT2D eigenvalue weighted by Gasteiger charge is -2.06. The zero-order chi connectivity index (χ0) is 12.3. The molecular weight excluding hydrogens is 274 g/mol. The summed E-state index contributed by atoms with van der Waals surface area (Å²) >= 11 is 9.14. The Morgan fingerprint density at radius 1 is 1.47 bits per heavy atom. The standard InChI is InChI=1S/C11H12ClN3S2/c1-7-3-4-17-8(7)6-13-10-5-9(12)14-11(15-10)16-2/h3-5H,6H2,1-2H3,(H,13,14,15). The maximum Gasteiger partial charge on any atom is 0.190 e. The summed E-state index contributed by atoms with van der Waals surface area (Å²) in [5.74, 6) is 0.766. The van der Waals surface area contributed by atoms with Crippen LogP contribution in [0, 0.1) is 6.92 Å². The molecule has 0 saturated heterocycles. The molecule has 1 N–H and O–H groups in total. The molecule has 17 heavy (non-hydrogen) atoms. The molecule has 0 bridgehead atoms. The van der Waals surface area contributed by atoms with Crippen LogP contribution in [0.5, 0.6) is 0 Å². The molecule has 2 aromatic rings. The maximum atomic E-state index is 5.92. The molecule has 90 valence electrons. The van der Waals surface area contributed by atoms with Gasteiger partial charge in [-0.1, -0.05) is 23.4 Å². The molecule has 0 amide bonds. The Morgan fingerprint density at radius 2 is 2.29 bits per heavy atom. The highest BCUT2D eigenvalue weighted by Gasteiger charge is 2.04. The van der Waals surface area contributed by atoms with E-state index in [0.717, 1.165) is 12.4 Å². The van der Waals surface area contributed by atoms with Crippen molar-refractivity contribution in [3.63, 3.8) is 0 Å². The molecule has 6 heteroatoms. The molecule has 0 radical (unpaired) electrons. The number of rotatable bonds is 4. The van der Waals surface area contributed by atoms with Crippen LogP contribution in [0.25, 0.3) is 0 Å². The number of thioether (sulfide) groups is 1. The smallest absolute Gasteiger partial charge is 0.190 e. The van der Waals surface area contributed by atoms with E-state index < -0.39 is 0 Å². The van der Waals surface area contributed by atoms with Gasteiger partial charge in [0.25, 0.3) is 0 Å². The second-order valence-electron chi connectivity index (χ2n) is 3.44. The zero-order valence-electron chi connectivity index (χ0n) is 9.53. The fourth-order valence-corrected chi connectivity index (χ4v) is 2.79. The Labute approximate surface area is 114 Å². The summed E-state index contributed by atoms with van der Waals surface area (Å²) in [7, 11) is 0. The van der Waals surface area contributed by atoms with Gasteiger partial charge in [-0.2, -0.15) is 0 Å². The zero-order valence-corrected chi connectivity index (χ0v) is 11.9. The number of nitrogens with one attached hydrogen (secondary N) is 1. The molecule has 0 atom stereocenters.